The molecule has 0 spiro atoms. The van der Waals surface area contributed by atoms with E-state index in [1.807, 2.05) is 9.71 Å². The highest BCUT2D eigenvalue weighted by atomic mass is 19.4. The lowest BCUT2D eigenvalue weighted by Gasteiger charge is -2.36. The lowest BCUT2D eigenvalue weighted by molar-refractivity contribution is -0.137. The Kier molecular flexibility index (Phi) is 4.04. The van der Waals surface area contributed by atoms with Gasteiger partial charge in [-0.05, 0) is 25.0 Å². The quantitative estimate of drug-likeness (QED) is 0.707. The van der Waals surface area contributed by atoms with E-state index in [1.54, 1.807) is 23.6 Å². The molecule has 1 fully saturated rings. The van der Waals surface area contributed by atoms with Crippen molar-refractivity contribution in [2.45, 2.75) is 13.0 Å². The van der Waals surface area contributed by atoms with Crippen molar-refractivity contribution in [3.05, 3.63) is 36.2 Å². The molecule has 1 N–H and O–H groups in total. The normalized spacial score (nSPS) is 16.6. The molecule has 0 saturated carbocycles. The van der Waals surface area contributed by atoms with Crippen LogP contribution in [0.3, 0.4) is 0 Å². The Labute approximate surface area is 148 Å². The highest BCUT2D eigenvalue weighted by molar-refractivity contribution is 6.45. The van der Waals surface area contributed by atoms with Crippen LogP contribution in [0.15, 0.2) is 30.6 Å². The van der Waals surface area contributed by atoms with Crippen molar-refractivity contribution >= 4 is 29.5 Å². The number of nitrogens with zero attached hydrogens (tertiary/aromatic N) is 5. The number of anilines is 1. The van der Waals surface area contributed by atoms with E-state index in [-0.39, 0.29) is 5.52 Å². The molecule has 136 valence electrons. The van der Waals surface area contributed by atoms with Gasteiger partial charge < -0.3 is 14.7 Å². The number of piperazine rings is 1. The van der Waals surface area contributed by atoms with E-state index < -0.39 is 18.8 Å². The molecule has 0 aliphatic carbocycles. The molecule has 0 bridgehead atoms. The minimum absolute atomic E-state index is 0.276. The van der Waals surface area contributed by atoms with Crippen LogP contribution in [0.1, 0.15) is 5.56 Å². The standard InChI is InChI=1S/C16H17BF3N5O/c1-17(26)24-8-6-23(7-9-24)15-14-21-4-5-25(14)13-3-2-11(16(18,19)20)10-12(13)22-15/h2-5,10,26H,6-9H2,1H3. The van der Waals surface area contributed by atoms with Gasteiger partial charge in [0, 0.05) is 38.6 Å². The van der Waals surface area contributed by atoms with Gasteiger partial charge >= 0.3 is 13.2 Å². The van der Waals surface area contributed by atoms with E-state index in [0.717, 1.165) is 12.1 Å². The second kappa shape index (κ2) is 6.13. The first kappa shape index (κ1) is 17.1. The van der Waals surface area contributed by atoms with Crippen molar-refractivity contribution in [1.29, 1.82) is 0 Å². The predicted molar refractivity (Wildman–Crippen MR) is 93.1 cm³/mol. The maximum Gasteiger partial charge on any atom is 0.416 e. The highest BCUT2D eigenvalue weighted by Gasteiger charge is 2.31. The lowest BCUT2D eigenvalue weighted by atomic mass is 9.84. The molecule has 3 heterocycles. The minimum Gasteiger partial charge on any atom is -0.437 e. The zero-order valence-electron chi connectivity index (χ0n) is 14.1. The Morgan fingerprint density at radius 2 is 1.88 bits per heavy atom. The first-order chi connectivity index (χ1) is 12.3. The largest absolute Gasteiger partial charge is 0.437 e. The van der Waals surface area contributed by atoms with Crippen LogP contribution < -0.4 is 4.90 Å². The van der Waals surface area contributed by atoms with Crippen LogP contribution in [0.2, 0.25) is 6.82 Å². The van der Waals surface area contributed by atoms with Crippen molar-refractivity contribution in [3.63, 3.8) is 0 Å². The molecule has 6 nitrogen and oxygen atoms in total. The Hall–Kier alpha value is -2.33. The molecule has 1 saturated heterocycles. The topological polar surface area (TPSA) is 56.9 Å². The van der Waals surface area contributed by atoms with E-state index in [0.29, 0.717) is 43.2 Å². The zero-order valence-corrected chi connectivity index (χ0v) is 14.1. The van der Waals surface area contributed by atoms with E-state index >= 15 is 0 Å². The van der Waals surface area contributed by atoms with E-state index in [4.69, 9.17) is 0 Å². The molecule has 0 radical (unpaired) electrons. The molecule has 1 aliphatic rings. The molecule has 3 aromatic rings. The number of benzene rings is 1. The minimum atomic E-state index is -4.41. The summed E-state index contributed by atoms with van der Waals surface area (Å²) in [6.45, 7) is 4.24. The van der Waals surface area contributed by atoms with Crippen LogP contribution >= 0.6 is 0 Å². The SMILES string of the molecule is CB(O)N1CCN(c2nc3cc(C(F)(F)F)ccc3n3ccnc23)CC1. The number of alkyl halides is 3. The van der Waals surface area contributed by atoms with Crippen LogP contribution in [0, 0.1) is 0 Å². The molecule has 1 aromatic carbocycles. The number of rotatable bonds is 2. The van der Waals surface area contributed by atoms with Gasteiger partial charge in [0.15, 0.2) is 11.5 Å². The van der Waals surface area contributed by atoms with Gasteiger partial charge in [0.1, 0.15) is 0 Å². The number of imidazole rings is 1. The van der Waals surface area contributed by atoms with Gasteiger partial charge in [-0.1, -0.05) is 0 Å². The van der Waals surface area contributed by atoms with Gasteiger partial charge in [0.2, 0.25) is 0 Å². The van der Waals surface area contributed by atoms with Gasteiger partial charge in [0.25, 0.3) is 0 Å². The van der Waals surface area contributed by atoms with Gasteiger partial charge in [-0.25, -0.2) is 9.97 Å². The number of hydrogen-bond donors (Lipinski definition) is 1. The highest BCUT2D eigenvalue weighted by Crippen LogP contribution is 2.32. The van der Waals surface area contributed by atoms with Gasteiger partial charge in [-0.3, -0.25) is 4.40 Å². The molecular formula is C16H17BF3N5O. The molecule has 4 rings (SSSR count). The Morgan fingerprint density at radius 3 is 2.54 bits per heavy atom. The van der Waals surface area contributed by atoms with Crippen LogP contribution in [0.25, 0.3) is 16.7 Å². The average molecular weight is 363 g/mol. The Balaban J connectivity index is 1.79. The third-order valence-corrected chi connectivity index (χ3v) is 4.77. The number of aromatic nitrogens is 3. The Morgan fingerprint density at radius 1 is 1.15 bits per heavy atom. The van der Waals surface area contributed by atoms with Gasteiger partial charge in [-0.15, -0.1) is 0 Å². The monoisotopic (exact) mass is 363 g/mol. The molecule has 26 heavy (non-hydrogen) atoms. The van der Waals surface area contributed by atoms with Crippen molar-refractivity contribution in [2.75, 3.05) is 31.1 Å². The van der Waals surface area contributed by atoms with E-state index in [1.165, 1.54) is 6.07 Å². The molecule has 0 unspecified atom stereocenters. The van der Waals surface area contributed by atoms with E-state index in [2.05, 4.69) is 9.97 Å². The summed E-state index contributed by atoms with van der Waals surface area (Å²) in [5.74, 6) is 0.562. The summed E-state index contributed by atoms with van der Waals surface area (Å²) in [7, 11) is -0.525. The lowest BCUT2D eigenvalue weighted by Crippen LogP contribution is -2.51. The summed E-state index contributed by atoms with van der Waals surface area (Å²) in [6, 6.07) is 3.56. The smallest absolute Gasteiger partial charge is 0.416 e. The summed E-state index contributed by atoms with van der Waals surface area (Å²) in [6.07, 6.45) is -1.07. The van der Waals surface area contributed by atoms with Crippen molar-refractivity contribution in [3.8, 4) is 0 Å². The molecule has 0 atom stereocenters. The van der Waals surface area contributed by atoms with Crippen LogP contribution in [-0.4, -0.2) is 57.4 Å². The summed E-state index contributed by atoms with van der Waals surface area (Å²) in [5.41, 5.74) is 0.750. The third kappa shape index (κ3) is 2.88. The summed E-state index contributed by atoms with van der Waals surface area (Å²) < 4.78 is 40.9. The second-order valence-electron chi connectivity index (χ2n) is 6.41. The molecular weight excluding hydrogens is 346 g/mol. The fourth-order valence-electron chi connectivity index (χ4n) is 3.34. The van der Waals surface area contributed by atoms with Crippen molar-refractivity contribution in [2.24, 2.45) is 0 Å². The van der Waals surface area contributed by atoms with E-state index in [9.17, 15) is 18.2 Å². The van der Waals surface area contributed by atoms with Crippen molar-refractivity contribution < 1.29 is 18.2 Å². The number of fused-ring (bicyclic) bond motifs is 3. The summed E-state index contributed by atoms with van der Waals surface area (Å²) in [5, 5.41) is 9.69. The molecule has 10 heteroatoms. The Bertz CT molecular complexity index is 950. The molecule has 0 amide bonds. The summed E-state index contributed by atoms with van der Waals surface area (Å²) >= 11 is 0. The molecule has 2 aromatic heterocycles. The average Bonchev–Trinajstić information content (AvgIpc) is 3.10. The van der Waals surface area contributed by atoms with Crippen LogP contribution in [0.5, 0.6) is 0 Å². The van der Waals surface area contributed by atoms with Crippen LogP contribution in [-0.2, 0) is 6.18 Å². The number of halogens is 3. The van der Waals surface area contributed by atoms with Crippen molar-refractivity contribution in [1.82, 2.24) is 19.2 Å². The second-order valence-corrected chi connectivity index (χ2v) is 6.41. The van der Waals surface area contributed by atoms with Gasteiger partial charge in [-0.2, -0.15) is 13.2 Å². The fourth-order valence-corrected chi connectivity index (χ4v) is 3.34. The maximum absolute atomic E-state index is 13.1. The summed E-state index contributed by atoms with van der Waals surface area (Å²) in [4.78, 5) is 12.8. The number of hydrogen-bond acceptors (Lipinski definition) is 5. The van der Waals surface area contributed by atoms with Crippen LogP contribution in [0.4, 0.5) is 19.0 Å². The molecule has 1 aliphatic heterocycles. The first-order valence-electron chi connectivity index (χ1n) is 8.36. The first-order valence-corrected chi connectivity index (χ1v) is 8.36. The third-order valence-electron chi connectivity index (χ3n) is 4.77. The maximum atomic E-state index is 13.1. The fraction of sp³-hybridized carbons (Fsp3) is 0.375. The zero-order chi connectivity index (χ0) is 18.5. The van der Waals surface area contributed by atoms with Gasteiger partial charge in [0.05, 0.1) is 16.6 Å². The predicted octanol–water partition coefficient (Wildman–Crippen LogP) is 2.13.